The lowest BCUT2D eigenvalue weighted by molar-refractivity contribution is 0.0818. The van der Waals surface area contributed by atoms with E-state index < -0.39 is 13.0 Å². The first kappa shape index (κ1) is 23.7. The predicted molar refractivity (Wildman–Crippen MR) is 126 cm³/mol. The molecule has 3 rings (SSSR count). The van der Waals surface area contributed by atoms with Gasteiger partial charge in [0.1, 0.15) is 12.4 Å². The van der Waals surface area contributed by atoms with Gasteiger partial charge in [-0.05, 0) is 48.1 Å². The first-order valence-corrected chi connectivity index (χ1v) is 10.3. The van der Waals surface area contributed by atoms with Crippen LogP contribution in [0.5, 0.6) is 5.75 Å². The quantitative estimate of drug-likeness (QED) is 0.314. The molecule has 160 valence electrons. The highest BCUT2D eigenvalue weighted by Crippen LogP contribution is 2.24. The topological polar surface area (TPSA) is 48.9 Å². The van der Waals surface area contributed by atoms with E-state index in [9.17, 15) is 8.78 Å². The second kappa shape index (κ2) is 12.2. The van der Waals surface area contributed by atoms with Gasteiger partial charge in [0.15, 0.2) is 5.96 Å². The molecule has 9 heteroatoms. The summed E-state index contributed by atoms with van der Waals surface area (Å²) < 4.78 is 29.6. The van der Waals surface area contributed by atoms with Crippen LogP contribution in [-0.2, 0) is 6.54 Å². The summed E-state index contributed by atoms with van der Waals surface area (Å²) in [5.41, 5.74) is 0.947. The van der Waals surface area contributed by atoms with E-state index in [4.69, 9.17) is 4.74 Å². The van der Waals surface area contributed by atoms with Gasteiger partial charge in [-0.2, -0.15) is 0 Å². The molecule has 0 bridgehead atoms. The summed E-state index contributed by atoms with van der Waals surface area (Å²) in [5, 5.41) is 10.2. The third-order valence-corrected chi connectivity index (χ3v) is 5.54. The summed E-state index contributed by atoms with van der Waals surface area (Å²) in [7, 11) is 1.75. The minimum absolute atomic E-state index is 0. The SMILES string of the molecule is CN=C(NCc1cccc(OCC(F)F)c1)NC1CCN(c2cccs2)CC1.I. The van der Waals surface area contributed by atoms with E-state index in [0.29, 0.717) is 18.3 Å². The van der Waals surface area contributed by atoms with Gasteiger partial charge in [-0.1, -0.05) is 12.1 Å². The van der Waals surface area contributed by atoms with E-state index in [-0.39, 0.29) is 24.0 Å². The predicted octanol–water partition coefficient (Wildman–Crippen LogP) is 4.34. The molecule has 1 aromatic heterocycles. The van der Waals surface area contributed by atoms with Crippen LogP contribution in [-0.4, -0.2) is 45.2 Å². The molecule has 0 saturated carbocycles. The van der Waals surface area contributed by atoms with Gasteiger partial charge in [-0.25, -0.2) is 8.78 Å². The van der Waals surface area contributed by atoms with E-state index in [1.54, 1.807) is 36.6 Å². The summed E-state index contributed by atoms with van der Waals surface area (Å²) >= 11 is 1.78. The monoisotopic (exact) mass is 536 g/mol. The molecule has 5 nitrogen and oxygen atoms in total. The summed E-state index contributed by atoms with van der Waals surface area (Å²) in [6, 6.07) is 11.8. The van der Waals surface area contributed by atoms with Crippen LogP contribution in [0.25, 0.3) is 0 Å². The van der Waals surface area contributed by atoms with Crippen molar-refractivity contribution >= 4 is 46.3 Å². The van der Waals surface area contributed by atoms with Crippen molar-refractivity contribution in [3.8, 4) is 5.75 Å². The Bertz CT molecular complexity index is 753. The van der Waals surface area contributed by atoms with Gasteiger partial charge < -0.3 is 20.3 Å². The summed E-state index contributed by atoms with van der Waals surface area (Å²) in [5.74, 6) is 1.19. The largest absolute Gasteiger partial charge is 0.488 e. The van der Waals surface area contributed by atoms with Crippen molar-refractivity contribution in [1.82, 2.24) is 10.6 Å². The number of rotatable bonds is 7. The molecule has 0 radical (unpaired) electrons. The first-order chi connectivity index (χ1) is 13.6. The third kappa shape index (κ3) is 7.61. The zero-order valence-electron chi connectivity index (χ0n) is 16.3. The van der Waals surface area contributed by atoms with Crippen LogP contribution in [0.3, 0.4) is 0 Å². The van der Waals surface area contributed by atoms with Crippen molar-refractivity contribution in [2.45, 2.75) is 31.9 Å². The fourth-order valence-electron chi connectivity index (χ4n) is 3.17. The van der Waals surface area contributed by atoms with E-state index >= 15 is 0 Å². The fourth-order valence-corrected chi connectivity index (χ4v) is 3.96. The molecule has 1 saturated heterocycles. The maximum Gasteiger partial charge on any atom is 0.272 e. The standard InChI is InChI=1S/C20H26F2N4OS.HI/c1-23-20(24-13-15-4-2-5-17(12-15)27-14-18(21)22)25-16-7-9-26(10-8-16)19-6-3-11-28-19;/h2-6,11-12,16,18H,7-10,13-14H2,1H3,(H2,23,24,25);1H. The van der Waals surface area contributed by atoms with Crippen LogP contribution >= 0.6 is 35.3 Å². The Labute approximate surface area is 191 Å². The van der Waals surface area contributed by atoms with Crippen LogP contribution in [0, 0.1) is 0 Å². The second-order valence-electron chi connectivity index (χ2n) is 6.63. The van der Waals surface area contributed by atoms with Crippen molar-refractivity contribution in [2.24, 2.45) is 4.99 Å². The van der Waals surface area contributed by atoms with Gasteiger partial charge in [-0.15, -0.1) is 35.3 Å². The van der Waals surface area contributed by atoms with Crippen molar-refractivity contribution in [2.75, 3.05) is 31.6 Å². The summed E-state index contributed by atoms with van der Waals surface area (Å²) in [6.45, 7) is 2.00. The Hall–Kier alpha value is -1.62. The Morgan fingerprint density at radius 3 is 2.72 bits per heavy atom. The molecule has 1 fully saturated rings. The number of piperidine rings is 1. The number of hydrogen-bond donors (Lipinski definition) is 2. The molecule has 2 aromatic rings. The molecule has 1 aromatic carbocycles. The van der Waals surface area contributed by atoms with E-state index in [0.717, 1.165) is 37.5 Å². The van der Waals surface area contributed by atoms with Gasteiger partial charge >= 0.3 is 0 Å². The molecular weight excluding hydrogens is 509 g/mol. The maximum atomic E-state index is 12.3. The molecule has 0 spiro atoms. The van der Waals surface area contributed by atoms with Crippen molar-refractivity contribution in [3.63, 3.8) is 0 Å². The van der Waals surface area contributed by atoms with Crippen LogP contribution in [0.15, 0.2) is 46.8 Å². The van der Waals surface area contributed by atoms with Gasteiger partial charge in [-0.3, -0.25) is 4.99 Å². The Kier molecular flexibility index (Phi) is 9.92. The molecule has 2 N–H and O–H groups in total. The zero-order chi connectivity index (χ0) is 19.8. The fraction of sp³-hybridized carbons (Fsp3) is 0.450. The summed E-state index contributed by atoms with van der Waals surface area (Å²) in [6.07, 6.45) is -0.374. The lowest BCUT2D eigenvalue weighted by Crippen LogP contribution is -2.48. The van der Waals surface area contributed by atoms with E-state index in [1.165, 1.54) is 5.00 Å². The van der Waals surface area contributed by atoms with Crippen LogP contribution in [0.2, 0.25) is 0 Å². The number of guanidine groups is 1. The van der Waals surface area contributed by atoms with Crippen molar-refractivity contribution < 1.29 is 13.5 Å². The Balaban J connectivity index is 0.00000300. The number of thiophene rings is 1. The van der Waals surface area contributed by atoms with Crippen LogP contribution < -0.4 is 20.3 Å². The molecule has 2 heterocycles. The number of halogens is 3. The van der Waals surface area contributed by atoms with Gasteiger partial charge in [0.2, 0.25) is 0 Å². The van der Waals surface area contributed by atoms with Gasteiger partial charge in [0.05, 0.1) is 5.00 Å². The number of aliphatic imine (C=N–C) groups is 1. The smallest absolute Gasteiger partial charge is 0.272 e. The van der Waals surface area contributed by atoms with Crippen LogP contribution in [0.4, 0.5) is 13.8 Å². The van der Waals surface area contributed by atoms with E-state index in [2.05, 4.69) is 38.0 Å². The minimum Gasteiger partial charge on any atom is -0.488 e. The summed E-state index contributed by atoms with van der Waals surface area (Å²) in [4.78, 5) is 6.72. The van der Waals surface area contributed by atoms with Crippen molar-refractivity contribution in [1.29, 1.82) is 0 Å². The lowest BCUT2D eigenvalue weighted by Gasteiger charge is -2.33. The molecule has 0 aliphatic carbocycles. The van der Waals surface area contributed by atoms with Crippen LogP contribution in [0.1, 0.15) is 18.4 Å². The Morgan fingerprint density at radius 1 is 1.28 bits per heavy atom. The number of hydrogen-bond acceptors (Lipinski definition) is 4. The maximum absolute atomic E-state index is 12.3. The molecular formula is C20H27F2IN4OS. The van der Waals surface area contributed by atoms with Gasteiger partial charge in [0, 0.05) is 32.7 Å². The molecule has 1 aliphatic rings. The van der Waals surface area contributed by atoms with Gasteiger partial charge in [0.25, 0.3) is 6.43 Å². The highest BCUT2D eigenvalue weighted by Gasteiger charge is 2.20. The minimum atomic E-state index is -2.48. The van der Waals surface area contributed by atoms with Crippen molar-refractivity contribution in [3.05, 3.63) is 47.3 Å². The normalized spacial score (nSPS) is 15.2. The number of alkyl halides is 2. The second-order valence-corrected chi connectivity index (χ2v) is 7.56. The highest BCUT2D eigenvalue weighted by atomic mass is 127. The number of ether oxygens (including phenoxy) is 1. The zero-order valence-corrected chi connectivity index (χ0v) is 19.5. The number of benzene rings is 1. The molecule has 0 unspecified atom stereocenters. The average Bonchev–Trinajstić information content (AvgIpc) is 3.25. The number of anilines is 1. The third-order valence-electron chi connectivity index (χ3n) is 4.61. The molecule has 1 aliphatic heterocycles. The molecule has 0 amide bonds. The average molecular weight is 536 g/mol. The highest BCUT2D eigenvalue weighted by molar-refractivity contribution is 14.0. The molecule has 29 heavy (non-hydrogen) atoms. The number of nitrogens with zero attached hydrogens (tertiary/aromatic N) is 2. The molecule has 0 atom stereocenters. The first-order valence-electron chi connectivity index (χ1n) is 9.39. The number of nitrogens with one attached hydrogen (secondary N) is 2. The lowest BCUT2D eigenvalue weighted by atomic mass is 10.1. The Morgan fingerprint density at radius 2 is 2.07 bits per heavy atom. The van der Waals surface area contributed by atoms with E-state index in [1.807, 2.05) is 6.07 Å².